The maximum Gasteiger partial charge on any atom is 0.265 e. The lowest BCUT2D eigenvalue weighted by molar-refractivity contribution is 0.392. The molecule has 0 bridgehead atoms. The molecule has 0 aromatic heterocycles. The molecule has 22 heavy (non-hydrogen) atoms. The summed E-state index contributed by atoms with van der Waals surface area (Å²) in [6.45, 7) is 1.55. The van der Waals surface area contributed by atoms with Crippen molar-refractivity contribution >= 4 is 15.7 Å². The smallest absolute Gasteiger partial charge is 0.265 e. The maximum absolute atomic E-state index is 13.3. The van der Waals surface area contributed by atoms with Crippen LogP contribution in [0.1, 0.15) is 5.56 Å². The van der Waals surface area contributed by atoms with Gasteiger partial charge in [0, 0.05) is 11.8 Å². The second kappa shape index (κ2) is 6.23. The molecule has 2 rings (SSSR count). The normalized spacial score (nSPS) is 11.1. The molecule has 0 atom stereocenters. The highest BCUT2D eigenvalue weighted by Crippen LogP contribution is 2.29. The molecule has 7 heteroatoms. The number of methoxy groups -OCH3 is 2. The van der Waals surface area contributed by atoms with Crippen LogP contribution in [-0.2, 0) is 10.0 Å². The van der Waals surface area contributed by atoms with Gasteiger partial charge in [-0.1, -0.05) is 0 Å². The largest absolute Gasteiger partial charge is 0.497 e. The fraction of sp³-hybridized carbons (Fsp3) is 0.200. The third-order valence-corrected chi connectivity index (χ3v) is 4.47. The van der Waals surface area contributed by atoms with Crippen molar-refractivity contribution in [3.8, 4) is 11.5 Å². The van der Waals surface area contributed by atoms with Crippen molar-refractivity contribution < 1.29 is 22.3 Å². The van der Waals surface area contributed by atoms with Gasteiger partial charge in [0.15, 0.2) is 0 Å². The summed E-state index contributed by atoms with van der Waals surface area (Å²) in [7, 11) is -1.08. The van der Waals surface area contributed by atoms with Crippen LogP contribution < -0.4 is 14.2 Å². The Labute approximate surface area is 128 Å². The van der Waals surface area contributed by atoms with E-state index in [1.54, 1.807) is 13.0 Å². The number of nitrogens with one attached hydrogen (secondary N) is 1. The SMILES string of the molecule is COc1ccc(OC)c(S(=O)(=O)Nc2ccc(F)c(C)c2)c1. The first-order valence-corrected chi connectivity index (χ1v) is 7.86. The zero-order chi connectivity index (χ0) is 16.3. The first-order chi connectivity index (χ1) is 10.4. The molecule has 0 radical (unpaired) electrons. The Morgan fingerprint density at radius 1 is 1.05 bits per heavy atom. The second-order valence-corrected chi connectivity index (χ2v) is 6.24. The molecule has 0 saturated carbocycles. The summed E-state index contributed by atoms with van der Waals surface area (Å²) in [5.41, 5.74) is 0.613. The molecule has 1 N–H and O–H groups in total. The van der Waals surface area contributed by atoms with Gasteiger partial charge >= 0.3 is 0 Å². The Morgan fingerprint density at radius 3 is 2.36 bits per heavy atom. The van der Waals surface area contributed by atoms with Crippen LogP contribution in [0.4, 0.5) is 10.1 Å². The van der Waals surface area contributed by atoms with E-state index in [2.05, 4.69) is 4.72 Å². The average Bonchev–Trinajstić information content (AvgIpc) is 2.50. The molecule has 0 amide bonds. The number of rotatable bonds is 5. The molecule has 2 aromatic carbocycles. The molecular weight excluding hydrogens is 309 g/mol. The van der Waals surface area contributed by atoms with Crippen molar-refractivity contribution in [1.29, 1.82) is 0 Å². The number of anilines is 1. The summed E-state index contributed by atoms with van der Waals surface area (Å²) < 4.78 is 50.8. The van der Waals surface area contributed by atoms with E-state index in [1.165, 1.54) is 44.6 Å². The fourth-order valence-corrected chi connectivity index (χ4v) is 3.15. The van der Waals surface area contributed by atoms with Crippen LogP contribution in [0.5, 0.6) is 11.5 Å². The molecule has 0 aliphatic carbocycles. The molecule has 2 aromatic rings. The van der Waals surface area contributed by atoms with E-state index >= 15 is 0 Å². The summed E-state index contributed by atoms with van der Waals surface area (Å²) in [4.78, 5) is -0.0590. The van der Waals surface area contributed by atoms with Gasteiger partial charge in [-0.2, -0.15) is 0 Å². The number of halogens is 1. The predicted molar refractivity (Wildman–Crippen MR) is 81.5 cm³/mol. The first kappa shape index (κ1) is 16.1. The van der Waals surface area contributed by atoms with Crippen LogP contribution in [0.3, 0.4) is 0 Å². The van der Waals surface area contributed by atoms with E-state index in [4.69, 9.17) is 9.47 Å². The number of hydrogen-bond acceptors (Lipinski definition) is 4. The number of hydrogen-bond donors (Lipinski definition) is 1. The topological polar surface area (TPSA) is 64.6 Å². The Balaban J connectivity index is 2.43. The molecule has 0 aliphatic heterocycles. The Morgan fingerprint density at radius 2 is 1.77 bits per heavy atom. The van der Waals surface area contributed by atoms with Crippen LogP contribution in [0, 0.1) is 12.7 Å². The van der Waals surface area contributed by atoms with Crippen LogP contribution in [0.15, 0.2) is 41.3 Å². The number of aryl methyl sites for hydroxylation is 1. The highest BCUT2D eigenvalue weighted by atomic mass is 32.2. The van der Waals surface area contributed by atoms with Gasteiger partial charge in [-0.25, -0.2) is 12.8 Å². The minimum Gasteiger partial charge on any atom is -0.497 e. The molecule has 118 valence electrons. The van der Waals surface area contributed by atoms with Crippen molar-refractivity contribution in [2.45, 2.75) is 11.8 Å². The molecule has 5 nitrogen and oxygen atoms in total. The number of benzene rings is 2. The molecule has 0 fully saturated rings. The van der Waals surface area contributed by atoms with E-state index < -0.39 is 15.8 Å². The van der Waals surface area contributed by atoms with Crippen molar-refractivity contribution in [1.82, 2.24) is 0 Å². The molecular formula is C15H16FNO4S. The fourth-order valence-electron chi connectivity index (χ4n) is 1.91. The Bertz CT molecular complexity index is 790. The highest BCUT2D eigenvalue weighted by Gasteiger charge is 2.21. The molecule has 0 unspecified atom stereocenters. The average molecular weight is 325 g/mol. The van der Waals surface area contributed by atoms with E-state index in [-0.39, 0.29) is 16.3 Å². The van der Waals surface area contributed by atoms with Gasteiger partial charge < -0.3 is 9.47 Å². The zero-order valence-electron chi connectivity index (χ0n) is 12.4. The van der Waals surface area contributed by atoms with Gasteiger partial charge in [-0.15, -0.1) is 0 Å². The van der Waals surface area contributed by atoms with E-state index in [0.717, 1.165) is 0 Å². The monoisotopic (exact) mass is 325 g/mol. The van der Waals surface area contributed by atoms with Crippen LogP contribution in [0.2, 0.25) is 0 Å². The molecule has 0 aliphatic rings. The van der Waals surface area contributed by atoms with Crippen LogP contribution in [-0.4, -0.2) is 22.6 Å². The van der Waals surface area contributed by atoms with Gasteiger partial charge in [0.25, 0.3) is 10.0 Å². The van der Waals surface area contributed by atoms with Crippen molar-refractivity contribution in [3.05, 3.63) is 47.8 Å². The molecule has 0 saturated heterocycles. The van der Waals surface area contributed by atoms with Gasteiger partial charge in [0.2, 0.25) is 0 Å². The lowest BCUT2D eigenvalue weighted by atomic mass is 10.2. The minimum atomic E-state index is -3.90. The highest BCUT2D eigenvalue weighted by molar-refractivity contribution is 7.92. The molecule has 0 spiro atoms. The summed E-state index contributed by atoms with van der Waals surface area (Å²) in [5, 5.41) is 0. The Hall–Kier alpha value is -2.28. The number of sulfonamides is 1. The second-order valence-electron chi connectivity index (χ2n) is 4.59. The van der Waals surface area contributed by atoms with Gasteiger partial charge in [0.1, 0.15) is 22.2 Å². The lowest BCUT2D eigenvalue weighted by Gasteiger charge is -2.13. The quantitative estimate of drug-likeness (QED) is 0.918. The van der Waals surface area contributed by atoms with E-state index in [0.29, 0.717) is 11.3 Å². The minimum absolute atomic E-state index is 0.0590. The van der Waals surface area contributed by atoms with Crippen molar-refractivity contribution in [3.63, 3.8) is 0 Å². The summed E-state index contributed by atoms with van der Waals surface area (Å²) in [5.74, 6) is 0.172. The van der Waals surface area contributed by atoms with Crippen molar-refractivity contribution in [2.75, 3.05) is 18.9 Å². The number of ether oxygens (including phenoxy) is 2. The summed E-state index contributed by atoms with van der Waals surface area (Å²) in [6.07, 6.45) is 0. The maximum atomic E-state index is 13.3. The van der Waals surface area contributed by atoms with Crippen LogP contribution in [0.25, 0.3) is 0 Å². The standard InChI is InChI=1S/C15H16FNO4S/c1-10-8-11(4-6-13(10)16)17-22(18,19)15-9-12(20-2)5-7-14(15)21-3/h4-9,17H,1-3H3. The summed E-state index contributed by atoms with van der Waals surface area (Å²) >= 11 is 0. The van der Waals surface area contributed by atoms with Crippen LogP contribution >= 0.6 is 0 Å². The third-order valence-electron chi connectivity index (χ3n) is 3.07. The van der Waals surface area contributed by atoms with Gasteiger partial charge in [0.05, 0.1) is 14.2 Å². The predicted octanol–water partition coefficient (Wildman–Crippen LogP) is 2.95. The van der Waals surface area contributed by atoms with E-state index in [9.17, 15) is 12.8 Å². The van der Waals surface area contributed by atoms with Gasteiger partial charge in [-0.05, 0) is 42.8 Å². The van der Waals surface area contributed by atoms with Gasteiger partial charge in [-0.3, -0.25) is 4.72 Å². The third kappa shape index (κ3) is 3.30. The Kier molecular flexibility index (Phi) is 4.56. The summed E-state index contributed by atoms with van der Waals surface area (Å²) in [6, 6.07) is 8.43. The molecule has 0 heterocycles. The lowest BCUT2D eigenvalue weighted by Crippen LogP contribution is -2.14. The first-order valence-electron chi connectivity index (χ1n) is 6.38. The zero-order valence-corrected chi connectivity index (χ0v) is 13.2. The van der Waals surface area contributed by atoms with E-state index in [1.807, 2.05) is 0 Å². The van der Waals surface area contributed by atoms with Crippen molar-refractivity contribution in [2.24, 2.45) is 0 Å².